The Kier molecular flexibility index (Phi) is 4.87. The van der Waals surface area contributed by atoms with E-state index in [4.69, 9.17) is 0 Å². The molecular weight excluding hydrogens is 392 g/mol. The van der Waals surface area contributed by atoms with Crippen LogP contribution in [-0.4, -0.2) is 12.1 Å². The van der Waals surface area contributed by atoms with E-state index >= 15 is 0 Å². The van der Waals surface area contributed by atoms with Gasteiger partial charge in [0, 0.05) is 17.3 Å². The van der Waals surface area contributed by atoms with Crippen LogP contribution in [0.15, 0.2) is 12.2 Å². The standard InChI is InChI=1S/C30H46O2/c1-19(2)20-10-15-30(18-31)17-16-28(6)21(25(20)30)8-9-23-27(5)13-12-24(32)26(3,4)22(27)11-14-29(23,28)7/h18,20-23,25H,1,8-17H2,2-7H3/t20-,21+,22?,23+,25?,27-,28+,29+,30+/m0/s1. The molecule has 5 rings (SSSR count). The molecule has 0 bridgehead atoms. The minimum Gasteiger partial charge on any atom is -0.303 e. The van der Waals surface area contributed by atoms with Crippen LogP contribution in [0.2, 0.25) is 0 Å². The third-order valence-corrected chi connectivity index (χ3v) is 13.1. The molecule has 0 aromatic heterocycles. The fourth-order valence-corrected chi connectivity index (χ4v) is 11.2. The number of Topliss-reactive ketones (excluding diaryl/α,β-unsaturated/α-hetero) is 1. The maximum Gasteiger partial charge on any atom is 0.138 e. The topological polar surface area (TPSA) is 34.1 Å². The largest absolute Gasteiger partial charge is 0.303 e. The molecule has 5 fully saturated rings. The summed E-state index contributed by atoms with van der Waals surface area (Å²) in [5, 5.41) is 0. The molecule has 32 heavy (non-hydrogen) atoms. The first-order chi connectivity index (χ1) is 14.9. The van der Waals surface area contributed by atoms with E-state index in [1.54, 1.807) is 0 Å². The summed E-state index contributed by atoms with van der Waals surface area (Å²) in [6.07, 6.45) is 12.7. The summed E-state index contributed by atoms with van der Waals surface area (Å²) in [5.41, 5.74) is 1.87. The Hall–Kier alpha value is -0.920. The molecule has 0 aromatic rings. The second-order valence-electron chi connectivity index (χ2n) is 14.2. The highest BCUT2D eigenvalue weighted by Crippen LogP contribution is 2.77. The van der Waals surface area contributed by atoms with Gasteiger partial charge in [-0.3, -0.25) is 4.79 Å². The molecule has 5 aliphatic rings. The van der Waals surface area contributed by atoms with E-state index in [0.29, 0.717) is 40.8 Å². The Morgan fingerprint density at radius 1 is 0.875 bits per heavy atom. The van der Waals surface area contributed by atoms with Gasteiger partial charge in [0.25, 0.3) is 0 Å². The van der Waals surface area contributed by atoms with E-state index in [1.165, 1.54) is 44.0 Å². The number of carbonyl (C=O) groups is 2. The second-order valence-corrected chi connectivity index (χ2v) is 14.2. The first-order valence-electron chi connectivity index (χ1n) is 13.5. The number of rotatable bonds is 2. The van der Waals surface area contributed by atoms with E-state index in [1.807, 2.05) is 0 Å². The maximum absolute atomic E-state index is 12.9. The zero-order valence-corrected chi connectivity index (χ0v) is 21.6. The molecule has 0 N–H and O–H groups in total. The molecule has 2 heteroatoms. The molecule has 0 radical (unpaired) electrons. The Morgan fingerprint density at radius 2 is 1.59 bits per heavy atom. The molecule has 0 heterocycles. The highest BCUT2D eigenvalue weighted by Gasteiger charge is 2.70. The monoisotopic (exact) mass is 438 g/mol. The first kappa shape index (κ1) is 22.9. The number of aldehydes is 1. The summed E-state index contributed by atoms with van der Waals surface area (Å²) < 4.78 is 0. The van der Waals surface area contributed by atoms with Crippen molar-refractivity contribution < 1.29 is 9.59 Å². The van der Waals surface area contributed by atoms with Gasteiger partial charge in [-0.15, -0.1) is 0 Å². The van der Waals surface area contributed by atoms with E-state index in [-0.39, 0.29) is 21.7 Å². The lowest BCUT2D eigenvalue weighted by molar-refractivity contribution is -0.231. The summed E-state index contributed by atoms with van der Waals surface area (Å²) in [5.74, 6) is 3.34. The lowest BCUT2D eigenvalue weighted by atomic mass is 9.32. The quantitative estimate of drug-likeness (QED) is 0.332. The van der Waals surface area contributed by atoms with Crippen molar-refractivity contribution in [1.29, 1.82) is 0 Å². The van der Waals surface area contributed by atoms with Crippen LogP contribution < -0.4 is 0 Å². The molecule has 2 nitrogen and oxygen atoms in total. The Morgan fingerprint density at radius 3 is 2.25 bits per heavy atom. The van der Waals surface area contributed by atoms with Crippen LogP contribution >= 0.6 is 0 Å². The fraction of sp³-hybridized carbons (Fsp3) is 0.867. The van der Waals surface area contributed by atoms with Crippen molar-refractivity contribution in [2.24, 2.45) is 56.7 Å². The van der Waals surface area contributed by atoms with Crippen LogP contribution in [0.25, 0.3) is 0 Å². The number of hydrogen-bond donors (Lipinski definition) is 0. The van der Waals surface area contributed by atoms with Gasteiger partial charge in [-0.2, -0.15) is 0 Å². The summed E-state index contributed by atoms with van der Waals surface area (Å²) >= 11 is 0. The smallest absolute Gasteiger partial charge is 0.138 e. The van der Waals surface area contributed by atoms with Crippen LogP contribution in [-0.2, 0) is 9.59 Å². The van der Waals surface area contributed by atoms with Gasteiger partial charge >= 0.3 is 0 Å². The number of carbonyl (C=O) groups excluding carboxylic acids is 2. The van der Waals surface area contributed by atoms with Gasteiger partial charge < -0.3 is 4.79 Å². The molecule has 0 aliphatic heterocycles. The van der Waals surface area contributed by atoms with Crippen LogP contribution in [0, 0.1) is 56.7 Å². The number of hydrogen-bond acceptors (Lipinski definition) is 2. The molecule has 0 spiro atoms. The first-order valence-corrected chi connectivity index (χ1v) is 13.5. The second kappa shape index (κ2) is 6.82. The van der Waals surface area contributed by atoms with Crippen LogP contribution in [0.3, 0.4) is 0 Å². The summed E-state index contributed by atoms with van der Waals surface area (Å²) in [6, 6.07) is 0. The molecular formula is C30H46O2. The third-order valence-electron chi connectivity index (χ3n) is 13.1. The minimum absolute atomic E-state index is 0.0999. The Bertz CT molecular complexity index is 855. The van der Waals surface area contributed by atoms with Crippen molar-refractivity contribution in [2.75, 3.05) is 0 Å². The van der Waals surface area contributed by atoms with Gasteiger partial charge in [-0.1, -0.05) is 46.8 Å². The summed E-state index contributed by atoms with van der Waals surface area (Å²) in [4.78, 5) is 25.4. The van der Waals surface area contributed by atoms with E-state index in [2.05, 4.69) is 48.1 Å². The summed E-state index contributed by atoms with van der Waals surface area (Å²) in [6.45, 7) is 18.9. The number of fused-ring (bicyclic) bond motifs is 7. The third kappa shape index (κ3) is 2.54. The SMILES string of the molecule is C=C(C)[C@@H]1CC[C@]2(C=O)CC[C@]3(C)[C@H](CC[C@@H]4[C@@]5(C)CCC(=O)C(C)(C)C5CC[C@]43C)C12. The van der Waals surface area contributed by atoms with Gasteiger partial charge in [-0.25, -0.2) is 0 Å². The summed E-state index contributed by atoms with van der Waals surface area (Å²) in [7, 11) is 0. The number of ketones is 1. The molecule has 0 saturated heterocycles. The molecule has 178 valence electrons. The Balaban J connectivity index is 1.56. The fourth-order valence-electron chi connectivity index (χ4n) is 11.2. The van der Waals surface area contributed by atoms with Crippen molar-refractivity contribution in [3.05, 3.63) is 12.2 Å². The average molecular weight is 439 g/mol. The van der Waals surface area contributed by atoms with E-state index in [9.17, 15) is 9.59 Å². The van der Waals surface area contributed by atoms with Gasteiger partial charge in [0.1, 0.15) is 12.1 Å². The minimum atomic E-state index is -0.179. The maximum atomic E-state index is 12.9. The normalized spacial score (nSPS) is 54.1. The van der Waals surface area contributed by atoms with E-state index < -0.39 is 0 Å². The van der Waals surface area contributed by atoms with Crippen molar-refractivity contribution >= 4 is 12.1 Å². The molecule has 0 amide bonds. The van der Waals surface area contributed by atoms with Gasteiger partial charge in [0.2, 0.25) is 0 Å². The van der Waals surface area contributed by atoms with Crippen molar-refractivity contribution in [2.45, 2.75) is 106 Å². The van der Waals surface area contributed by atoms with Crippen molar-refractivity contribution in [3.8, 4) is 0 Å². The molecule has 0 aromatic carbocycles. The lowest BCUT2D eigenvalue weighted by Gasteiger charge is -2.72. The van der Waals surface area contributed by atoms with Crippen LogP contribution in [0.5, 0.6) is 0 Å². The average Bonchev–Trinajstić information content (AvgIpc) is 3.12. The van der Waals surface area contributed by atoms with Gasteiger partial charge in [0.15, 0.2) is 0 Å². The molecule has 2 unspecified atom stereocenters. The Labute approximate surface area is 196 Å². The number of allylic oxidation sites excluding steroid dienone is 1. The predicted octanol–water partition coefficient (Wildman–Crippen LogP) is 7.41. The van der Waals surface area contributed by atoms with Gasteiger partial charge in [-0.05, 0) is 111 Å². The molecule has 5 aliphatic carbocycles. The highest BCUT2D eigenvalue weighted by molar-refractivity contribution is 5.85. The van der Waals surface area contributed by atoms with E-state index in [0.717, 1.165) is 32.1 Å². The highest BCUT2D eigenvalue weighted by atomic mass is 16.1. The zero-order chi connectivity index (χ0) is 23.3. The van der Waals surface area contributed by atoms with Crippen molar-refractivity contribution in [3.63, 3.8) is 0 Å². The van der Waals surface area contributed by atoms with Crippen LogP contribution in [0.4, 0.5) is 0 Å². The van der Waals surface area contributed by atoms with Crippen molar-refractivity contribution in [1.82, 2.24) is 0 Å². The van der Waals surface area contributed by atoms with Crippen LogP contribution in [0.1, 0.15) is 106 Å². The lowest BCUT2D eigenvalue weighted by Crippen LogP contribution is -2.66. The molecule has 9 atom stereocenters. The predicted molar refractivity (Wildman–Crippen MR) is 130 cm³/mol. The zero-order valence-electron chi connectivity index (χ0n) is 21.6. The molecule has 5 saturated carbocycles. The van der Waals surface area contributed by atoms with Gasteiger partial charge in [0.05, 0.1) is 0 Å².